The lowest BCUT2D eigenvalue weighted by atomic mass is 9.94. The highest BCUT2D eigenvalue weighted by molar-refractivity contribution is 5.98. The number of amides is 2. The van der Waals surface area contributed by atoms with Crippen molar-refractivity contribution in [1.82, 2.24) is 25.2 Å². The molecule has 1 atom stereocenters. The van der Waals surface area contributed by atoms with Crippen LogP contribution in [0.5, 0.6) is 0 Å². The fraction of sp³-hybridized carbons (Fsp3) is 0.526. The van der Waals surface area contributed by atoms with Gasteiger partial charge >= 0.3 is 0 Å². The van der Waals surface area contributed by atoms with Gasteiger partial charge in [-0.3, -0.25) is 9.59 Å². The number of hydrogen-bond acceptors (Lipinski definition) is 7. The van der Waals surface area contributed by atoms with Gasteiger partial charge in [-0.2, -0.15) is 4.98 Å². The Labute approximate surface area is 165 Å². The molecule has 0 saturated carbocycles. The summed E-state index contributed by atoms with van der Waals surface area (Å²) < 4.78 is 0. The summed E-state index contributed by atoms with van der Waals surface area (Å²) >= 11 is 0. The number of rotatable bonds is 8. The number of carbonyl (C=O) groups is 2. The number of pyridine rings is 1. The van der Waals surface area contributed by atoms with Crippen LogP contribution in [0.2, 0.25) is 0 Å². The van der Waals surface area contributed by atoms with Gasteiger partial charge in [0, 0.05) is 33.8 Å². The van der Waals surface area contributed by atoms with Crippen molar-refractivity contribution in [2.45, 2.75) is 45.6 Å². The van der Waals surface area contributed by atoms with Gasteiger partial charge in [-0.05, 0) is 19.4 Å². The second-order valence-corrected chi connectivity index (χ2v) is 7.42. The molecule has 0 unspecified atom stereocenters. The largest absolute Gasteiger partial charge is 0.368 e. The summed E-state index contributed by atoms with van der Waals surface area (Å²) in [7, 11) is 3.35. The Balaban J connectivity index is 2.43. The molecular weight excluding hydrogens is 358 g/mol. The smallest absolute Gasteiger partial charge is 0.254 e. The van der Waals surface area contributed by atoms with Crippen LogP contribution in [0.15, 0.2) is 12.3 Å². The molecule has 0 radical (unpaired) electrons. The predicted octanol–water partition coefficient (Wildman–Crippen LogP) is 1.81. The molecule has 0 aromatic carbocycles. The summed E-state index contributed by atoms with van der Waals surface area (Å²) in [6, 6.07) is 1.66. The summed E-state index contributed by atoms with van der Waals surface area (Å²) in [5.41, 5.74) is 6.90. The number of unbranched alkanes of at least 4 members (excludes halogenated alkanes) is 1. The minimum Gasteiger partial charge on any atom is -0.368 e. The topological polar surface area (TPSA) is 126 Å². The van der Waals surface area contributed by atoms with E-state index in [-0.39, 0.29) is 17.8 Å². The Kier molecular flexibility index (Phi) is 6.71. The van der Waals surface area contributed by atoms with Crippen LogP contribution in [-0.2, 0) is 4.79 Å². The number of carbonyl (C=O) groups excluding carboxylic acids is 2. The lowest BCUT2D eigenvalue weighted by molar-refractivity contribution is -0.119. The molecule has 0 aliphatic carbocycles. The molecule has 2 heterocycles. The van der Waals surface area contributed by atoms with Gasteiger partial charge in [0.05, 0.1) is 16.6 Å². The number of aromatic nitrogens is 3. The SMILES string of the molecule is CCCC[C@](C)(CNC(C)=O)Nc1nc(N)nc2cc(C(=O)N(C)C)cnc12. The molecule has 2 aromatic rings. The molecule has 9 heteroatoms. The van der Waals surface area contributed by atoms with Crippen molar-refractivity contribution >= 4 is 34.6 Å². The van der Waals surface area contributed by atoms with Crippen molar-refractivity contribution in [3.05, 3.63) is 17.8 Å². The zero-order valence-corrected chi connectivity index (χ0v) is 17.2. The first-order chi connectivity index (χ1) is 13.1. The molecule has 0 aliphatic heterocycles. The zero-order valence-electron chi connectivity index (χ0n) is 17.2. The van der Waals surface area contributed by atoms with Crippen molar-refractivity contribution in [3.63, 3.8) is 0 Å². The maximum Gasteiger partial charge on any atom is 0.254 e. The fourth-order valence-electron chi connectivity index (χ4n) is 2.87. The van der Waals surface area contributed by atoms with E-state index in [1.165, 1.54) is 18.0 Å². The molecule has 0 fully saturated rings. The molecule has 4 N–H and O–H groups in total. The molecule has 0 bridgehead atoms. The Morgan fingerprint density at radius 1 is 1.29 bits per heavy atom. The minimum atomic E-state index is -0.435. The zero-order chi connectivity index (χ0) is 20.9. The first-order valence-electron chi connectivity index (χ1n) is 9.32. The number of hydrogen-bond donors (Lipinski definition) is 3. The van der Waals surface area contributed by atoms with E-state index in [9.17, 15) is 9.59 Å². The molecule has 0 spiro atoms. The van der Waals surface area contributed by atoms with Gasteiger partial charge in [-0.1, -0.05) is 19.8 Å². The normalized spacial score (nSPS) is 13.0. The first-order valence-corrected chi connectivity index (χ1v) is 9.32. The average Bonchev–Trinajstić information content (AvgIpc) is 2.63. The quantitative estimate of drug-likeness (QED) is 0.630. The van der Waals surface area contributed by atoms with Gasteiger partial charge in [0.15, 0.2) is 5.82 Å². The lowest BCUT2D eigenvalue weighted by Crippen LogP contribution is -2.46. The van der Waals surface area contributed by atoms with Crippen molar-refractivity contribution in [1.29, 1.82) is 0 Å². The van der Waals surface area contributed by atoms with Gasteiger partial charge in [0.2, 0.25) is 11.9 Å². The predicted molar refractivity (Wildman–Crippen MR) is 110 cm³/mol. The Morgan fingerprint density at radius 3 is 2.61 bits per heavy atom. The molecule has 2 rings (SSSR count). The second-order valence-electron chi connectivity index (χ2n) is 7.42. The van der Waals surface area contributed by atoms with Crippen LogP contribution in [0.4, 0.5) is 11.8 Å². The maximum atomic E-state index is 12.2. The first kappa shape index (κ1) is 21.3. The highest BCUT2D eigenvalue weighted by Gasteiger charge is 2.26. The van der Waals surface area contributed by atoms with Crippen LogP contribution in [0.1, 0.15) is 50.4 Å². The van der Waals surface area contributed by atoms with Crippen molar-refractivity contribution in [3.8, 4) is 0 Å². The monoisotopic (exact) mass is 387 g/mol. The van der Waals surface area contributed by atoms with Crippen molar-refractivity contribution < 1.29 is 9.59 Å². The van der Waals surface area contributed by atoms with E-state index < -0.39 is 5.54 Å². The molecule has 152 valence electrons. The van der Waals surface area contributed by atoms with E-state index in [0.29, 0.717) is 29.0 Å². The minimum absolute atomic E-state index is 0.0867. The molecule has 9 nitrogen and oxygen atoms in total. The lowest BCUT2D eigenvalue weighted by Gasteiger charge is -2.32. The third-order valence-electron chi connectivity index (χ3n) is 4.44. The van der Waals surface area contributed by atoms with Crippen LogP contribution in [0.3, 0.4) is 0 Å². The Bertz CT molecular complexity index is 869. The third-order valence-corrected chi connectivity index (χ3v) is 4.44. The van der Waals surface area contributed by atoms with Crippen LogP contribution in [0.25, 0.3) is 11.0 Å². The highest BCUT2D eigenvalue weighted by Crippen LogP contribution is 2.25. The fourth-order valence-corrected chi connectivity index (χ4v) is 2.87. The Morgan fingerprint density at radius 2 is 2.00 bits per heavy atom. The summed E-state index contributed by atoms with van der Waals surface area (Å²) in [5.74, 6) is 0.306. The van der Waals surface area contributed by atoms with Crippen molar-refractivity contribution in [2.24, 2.45) is 0 Å². The van der Waals surface area contributed by atoms with Gasteiger partial charge in [0.25, 0.3) is 5.91 Å². The summed E-state index contributed by atoms with van der Waals surface area (Å²) in [4.78, 5) is 38.0. The molecular formula is C19H29N7O2. The van der Waals surface area contributed by atoms with Crippen molar-refractivity contribution in [2.75, 3.05) is 31.7 Å². The molecule has 0 saturated heterocycles. The van der Waals surface area contributed by atoms with E-state index in [0.717, 1.165) is 19.3 Å². The van der Waals surface area contributed by atoms with E-state index in [4.69, 9.17) is 5.73 Å². The molecule has 0 aliphatic rings. The van der Waals surface area contributed by atoms with Gasteiger partial charge in [-0.15, -0.1) is 0 Å². The van der Waals surface area contributed by atoms with Crippen LogP contribution >= 0.6 is 0 Å². The number of fused-ring (bicyclic) bond motifs is 1. The van der Waals surface area contributed by atoms with Crippen LogP contribution in [0, 0.1) is 0 Å². The third kappa shape index (κ3) is 5.28. The van der Waals surface area contributed by atoms with Gasteiger partial charge in [0.1, 0.15) is 5.52 Å². The molecule has 2 amide bonds. The molecule has 2 aromatic heterocycles. The highest BCUT2D eigenvalue weighted by atomic mass is 16.2. The Hall–Kier alpha value is -2.97. The van der Waals surface area contributed by atoms with Crippen LogP contribution < -0.4 is 16.4 Å². The number of nitrogens with one attached hydrogen (secondary N) is 2. The standard InChI is InChI=1S/C19H29N7O2/c1-6-7-8-19(3,11-22-12(2)27)25-16-15-14(23-18(20)24-16)9-13(10-21-15)17(28)26(4)5/h9-10H,6-8,11H2,1-5H3,(H,22,27)(H3,20,23,24,25)/t19-/m1/s1. The van der Waals surface area contributed by atoms with E-state index >= 15 is 0 Å². The number of nitrogens with zero attached hydrogens (tertiary/aromatic N) is 4. The van der Waals surface area contributed by atoms with Gasteiger partial charge in [-0.25, -0.2) is 9.97 Å². The number of nitrogen functional groups attached to an aromatic ring is 1. The van der Waals surface area contributed by atoms with E-state index in [1.807, 2.05) is 6.92 Å². The second kappa shape index (κ2) is 8.81. The van der Waals surface area contributed by atoms with E-state index in [2.05, 4.69) is 32.5 Å². The summed E-state index contributed by atoms with van der Waals surface area (Å²) in [5, 5.41) is 6.26. The summed E-state index contributed by atoms with van der Waals surface area (Å²) in [6.45, 7) is 6.06. The average molecular weight is 387 g/mol. The number of anilines is 2. The number of nitrogens with two attached hydrogens (primary N) is 1. The van der Waals surface area contributed by atoms with E-state index in [1.54, 1.807) is 20.2 Å². The summed E-state index contributed by atoms with van der Waals surface area (Å²) in [6.07, 6.45) is 4.34. The van der Waals surface area contributed by atoms with Crippen LogP contribution in [-0.4, -0.2) is 57.8 Å². The molecule has 28 heavy (non-hydrogen) atoms. The van der Waals surface area contributed by atoms with Gasteiger partial charge < -0.3 is 21.3 Å². The maximum absolute atomic E-state index is 12.2.